The molecule has 154 valence electrons. The SMILES string of the molecule is CC(C)Cc1ccc(C(C)C(=O)Nc2cccc(C(=O)N3CCCCC3)c2)cc1. The van der Waals surface area contributed by atoms with E-state index in [-0.39, 0.29) is 17.7 Å². The minimum Gasteiger partial charge on any atom is -0.339 e. The summed E-state index contributed by atoms with van der Waals surface area (Å²) in [6, 6.07) is 15.6. The molecule has 1 unspecified atom stereocenters. The molecule has 2 amide bonds. The number of rotatable bonds is 6. The fourth-order valence-corrected chi connectivity index (χ4v) is 3.83. The van der Waals surface area contributed by atoms with Crippen LogP contribution in [0.1, 0.15) is 67.4 Å². The third kappa shape index (κ3) is 5.69. The fraction of sp³-hybridized carbons (Fsp3) is 0.440. The van der Waals surface area contributed by atoms with E-state index >= 15 is 0 Å². The average molecular weight is 393 g/mol. The summed E-state index contributed by atoms with van der Waals surface area (Å²) in [5.74, 6) is 0.338. The summed E-state index contributed by atoms with van der Waals surface area (Å²) < 4.78 is 0. The molecule has 0 aromatic heterocycles. The Morgan fingerprint density at radius 2 is 1.66 bits per heavy atom. The van der Waals surface area contributed by atoms with Gasteiger partial charge in [0.1, 0.15) is 0 Å². The molecule has 0 bridgehead atoms. The molecule has 1 N–H and O–H groups in total. The number of anilines is 1. The lowest BCUT2D eigenvalue weighted by Crippen LogP contribution is -2.35. The molecule has 29 heavy (non-hydrogen) atoms. The van der Waals surface area contributed by atoms with Crippen molar-refractivity contribution in [2.75, 3.05) is 18.4 Å². The maximum Gasteiger partial charge on any atom is 0.253 e. The second-order valence-corrected chi connectivity index (χ2v) is 8.48. The van der Waals surface area contributed by atoms with Crippen LogP contribution >= 0.6 is 0 Å². The number of piperidine rings is 1. The van der Waals surface area contributed by atoms with Crippen LogP contribution in [-0.4, -0.2) is 29.8 Å². The molecule has 1 heterocycles. The number of hydrogen-bond donors (Lipinski definition) is 1. The van der Waals surface area contributed by atoms with Gasteiger partial charge >= 0.3 is 0 Å². The Morgan fingerprint density at radius 1 is 0.966 bits per heavy atom. The van der Waals surface area contributed by atoms with Crippen LogP contribution in [0, 0.1) is 5.92 Å². The Bertz CT molecular complexity index is 836. The molecule has 1 atom stereocenters. The van der Waals surface area contributed by atoms with Gasteiger partial charge in [-0.25, -0.2) is 0 Å². The molecule has 4 heteroatoms. The second kappa shape index (κ2) is 9.73. The van der Waals surface area contributed by atoms with Crippen molar-refractivity contribution in [1.29, 1.82) is 0 Å². The van der Waals surface area contributed by atoms with Gasteiger partial charge in [-0.1, -0.05) is 44.2 Å². The van der Waals surface area contributed by atoms with Gasteiger partial charge in [0.2, 0.25) is 5.91 Å². The zero-order valence-electron chi connectivity index (χ0n) is 17.8. The predicted molar refractivity (Wildman–Crippen MR) is 118 cm³/mol. The van der Waals surface area contributed by atoms with Crippen LogP contribution in [0.4, 0.5) is 5.69 Å². The van der Waals surface area contributed by atoms with Gasteiger partial charge in [0.05, 0.1) is 5.92 Å². The summed E-state index contributed by atoms with van der Waals surface area (Å²) >= 11 is 0. The number of carbonyl (C=O) groups excluding carboxylic acids is 2. The average Bonchev–Trinajstić information content (AvgIpc) is 2.73. The van der Waals surface area contributed by atoms with Crippen molar-refractivity contribution in [3.05, 3.63) is 65.2 Å². The number of likely N-dealkylation sites (tertiary alicyclic amines) is 1. The first kappa shape index (κ1) is 21.1. The second-order valence-electron chi connectivity index (χ2n) is 8.48. The lowest BCUT2D eigenvalue weighted by atomic mass is 9.96. The molecule has 1 fully saturated rings. The number of carbonyl (C=O) groups is 2. The minimum atomic E-state index is -0.260. The molecule has 3 rings (SSSR count). The van der Waals surface area contributed by atoms with Gasteiger partial charge in [0.25, 0.3) is 5.91 Å². The molecule has 2 aromatic rings. The first-order valence-corrected chi connectivity index (χ1v) is 10.7. The fourth-order valence-electron chi connectivity index (χ4n) is 3.83. The smallest absolute Gasteiger partial charge is 0.253 e. The number of nitrogens with one attached hydrogen (secondary N) is 1. The van der Waals surface area contributed by atoms with Crippen LogP contribution in [0.15, 0.2) is 48.5 Å². The number of nitrogens with zero attached hydrogens (tertiary/aromatic N) is 1. The van der Waals surface area contributed by atoms with Gasteiger partial charge in [-0.2, -0.15) is 0 Å². The van der Waals surface area contributed by atoms with Crippen LogP contribution in [-0.2, 0) is 11.2 Å². The van der Waals surface area contributed by atoms with Crippen LogP contribution in [0.25, 0.3) is 0 Å². The summed E-state index contributed by atoms with van der Waals surface area (Å²) in [6.07, 6.45) is 4.36. The standard InChI is InChI=1S/C25H32N2O2/c1-18(2)16-20-10-12-21(13-11-20)19(3)24(28)26-23-9-7-8-22(17-23)25(29)27-14-5-4-6-15-27/h7-13,17-19H,4-6,14-16H2,1-3H3,(H,26,28). The van der Waals surface area contributed by atoms with Gasteiger partial charge in [-0.15, -0.1) is 0 Å². The van der Waals surface area contributed by atoms with E-state index in [9.17, 15) is 9.59 Å². The minimum absolute atomic E-state index is 0.0505. The lowest BCUT2D eigenvalue weighted by molar-refractivity contribution is -0.117. The Balaban J connectivity index is 1.64. The van der Waals surface area contributed by atoms with E-state index in [2.05, 4.69) is 31.3 Å². The molecule has 1 aliphatic rings. The van der Waals surface area contributed by atoms with Gasteiger partial charge in [0.15, 0.2) is 0 Å². The zero-order valence-corrected chi connectivity index (χ0v) is 17.8. The van der Waals surface area contributed by atoms with Crippen LogP contribution < -0.4 is 5.32 Å². The quantitative estimate of drug-likeness (QED) is 0.729. The Kier molecular flexibility index (Phi) is 7.08. The highest BCUT2D eigenvalue weighted by Gasteiger charge is 2.19. The molecule has 0 aliphatic carbocycles. The molecule has 1 aliphatic heterocycles. The zero-order chi connectivity index (χ0) is 20.8. The third-order valence-corrected chi connectivity index (χ3v) is 5.54. The van der Waals surface area contributed by atoms with Crippen molar-refractivity contribution in [3.8, 4) is 0 Å². The van der Waals surface area contributed by atoms with E-state index in [0.29, 0.717) is 17.2 Å². The molecule has 2 aromatic carbocycles. The van der Waals surface area contributed by atoms with Gasteiger partial charge in [0, 0.05) is 24.3 Å². The Labute approximate surface area is 174 Å². The monoisotopic (exact) mass is 392 g/mol. The van der Waals surface area contributed by atoms with Gasteiger partial charge < -0.3 is 10.2 Å². The topological polar surface area (TPSA) is 49.4 Å². The van der Waals surface area contributed by atoms with Crippen molar-refractivity contribution in [2.24, 2.45) is 5.92 Å². The number of amides is 2. The first-order valence-electron chi connectivity index (χ1n) is 10.7. The van der Waals surface area contributed by atoms with Gasteiger partial charge in [-0.05, 0) is 67.9 Å². The van der Waals surface area contributed by atoms with Gasteiger partial charge in [-0.3, -0.25) is 9.59 Å². The maximum absolute atomic E-state index is 12.8. The highest BCUT2D eigenvalue weighted by Crippen LogP contribution is 2.21. The van der Waals surface area contributed by atoms with E-state index in [4.69, 9.17) is 0 Å². The van der Waals surface area contributed by atoms with Crippen molar-refractivity contribution in [1.82, 2.24) is 4.90 Å². The molecule has 0 saturated carbocycles. The van der Waals surface area contributed by atoms with E-state index in [0.717, 1.165) is 37.9 Å². The Morgan fingerprint density at radius 3 is 2.31 bits per heavy atom. The summed E-state index contributed by atoms with van der Waals surface area (Å²) in [7, 11) is 0. The molecule has 1 saturated heterocycles. The van der Waals surface area contributed by atoms with E-state index in [1.54, 1.807) is 6.07 Å². The van der Waals surface area contributed by atoms with Crippen molar-refractivity contribution in [2.45, 2.75) is 52.4 Å². The largest absolute Gasteiger partial charge is 0.339 e. The lowest BCUT2D eigenvalue weighted by Gasteiger charge is -2.26. The predicted octanol–water partition coefficient (Wildman–Crippen LogP) is 5.25. The van der Waals surface area contributed by atoms with E-state index in [1.807, 2.05) is 42.2 Å². The molecule has 0 spiro atoms. The number of hydrogen-bond acceptors (Lipinski definition) is 2. The van der Waals surface area contributed by atoms with Crippen molar-refractivity contribution >= 4 is 17.5 Å². The first-order chi connectivity index (χ1) is 13.9. The van der Waals surface area contributed by atoms with E-state index < -0.39 is 0 Å². The summed E-state index contributed by atoms with van der Waals surface area (Å²) in [4.78, 5) is 27.4. The van der Waals surface area contributed by atoms with Crippen molar-refractivity contribution < 1.29 is 9.59 Å². The van der Waals surface area contributed by atoms with Crippen molar-refractivity contribution in [3.63, 3.8) is 0 Å². The molecular formula is C25H32N2O2. The summed E-state index contributed by atoms with van der Waals surface area (Å²) in [5, 5.41) is 2.98. The Hall–Kier alpha value is -2.62. The maximum atomic E-state index is 12.8. The highest BCUT2D eigenvalue weighted by molar-refractivity contribution is 5.99. The van der Waals surface area contributed by atoms with Crippen LogP contribution in [0.2, 0.25) is 0 Å². The molecule has 4 nitrogen and oxygen atoms in total. The van der Waals surface area contributed by atoms with E-state index in [1.165, 1.54) is 12.0 Å². The summed E-state index contributed by atoms with van der Waals surface area (Å²) in [5.41, 5.74) is 3.59. The normalized spacial score (nSPS) is 15.2. The molecular weight excluding hydrogens is 360 g/mol. The third-order valence-electron chi connectivity index (χ3n) is 5.54. The number of benzene rings is 2. The summed E-state index contributed by atoms with van der Waals surface area (Å²) in [6.45, 7) is 7.95. The van der Waals surface area contributed by atoms with Crippen LogP contribution in [0.5, 0.6) is 0 Å². The molecule has 0 radical (unpaired) electrons. The highest BCUT2D eigenvalue weighted by atomic mass is 16.2. The van der Waals surface area contributed by atoms with Crippen LogP contribution in [0.3, 0.4) is 0 Å².